The van der Waals surface area contributed by atoms with Crippen molar-refractivity contribution >= 4 is 28.3 Å². The second kappa shape index (κ2) is 8.32. The summed E-state index contributed by atoms with van der Waals surface area (Å²) in [5.74, 6) is 0.479. The van der Waals surface area contributed by atoms with Crippen molar-refractivity contribution in [1.29, 1.82) is 0 Å². The lowest BCUT2D eigenvalue weighted by Gasteiger charge is -2.13. The van der Waals surface area contributed by atoms with Crippen molar-refractivity contribution < 1.29 is 23.4 Å². The van der Waals surface area contributed by atoms with Gasteiger partial charge in [0.15, 0.2) is 0 Å². The lowest BCUT2D eigenvalue weighted by atomic mass is 10.1. The molecule has 1 atom stereocenters. The largest absolute Gasteiger partial charge is 0.502 e. The number of nitrogens with zero attached hydrogens (tertiary/aromatic N) is 2. The maximum atomic E-state index is 14.5. The molecular formula is C23H19FN4O4. The van der Waals surface area contributed by atoms with Crippen molar-refractivity contribution in [3.63, 3.8) is 0 Å². The number of benzene rings is 2. The number of amides is 2. The average Bonchev–Trinajstić information content (AvgIpc) is 3.70. The highest BCUT2D eigenvalue weighted by atomic mass is 19.1. The van der Waals surface area contributed by atoms with Crippen LogP contribution < -0.4 is 20.1 Å². The minimum absolute atomic E-state index is 0.0619. The Morgan fingerprint density at radius 3 is 2.81 bits per heavy atom. The van der Waals surface area contributed by atoms with E-state index in [-0.39, 0.29) is 23.6 Å². The van der Waals surface area contributed by atoms with Gasteiger partial charge in [-0.1, -0.05) is 0 Å². The van der Waals surface area contributed by atoms with Crippen LogP contribution in [0.25, 0.3) is 15.7 Å². The Bertz CT molecular complexity index is 1230. The van der Waals surface area contributed by atoms with Gasteiger partial charge in [-0.3, -0.25) is 4.98 Å². The third-order valence-electron chi connectivity index (χ3n) is 5.06. The van der Waals surface area contributed by atoms with Crippen molar-refractivity contribution in [3.05, 3.63) is 59.8 Å². The van der Waals surface area contributed by atoms with Gasteiger partial charge in [0, 0.05) is 23.7 Å². The molecule has 0 spiro atoms. The molecule has 9 heteroatoms. The van der Waals surface area contributed by atoms with E-state index < -0.39 is 11.8 Å². The Balaban J connectivity index is 1.36. The monoisotopic (exact) mass is 434 g/mol. The molecule has 0 radical (unpaired) electrons. The topological polar surface area (TPSA) is 89.4 Å². The standard InChI is InChI=1S/C23H19FN4O4/c1-25-20-9-16-19(10-22(20)31-12-15-11-30-15)26-7-6-21(16)32-14-4-5-18(17(24)8-14)28-23(29)27-13-2-3-13/h4-10,13,15H,2-3,11-12H2,(H2,27,28,29)/t15-/m1/s1. The zero-order chi connectivity index (χ0) is 22.1. The first-order chi connectivity index (χ1) is 15.6. The summed E-state index contributed by atoms with van der Waals surface area (Å²) < 4.78 is 31.2. The maximum absolute atomic E-state index is 14.5. The minimum atomic E-state index is -0.619. The number of ether oxygens (including phenoxy) is 3. The first kappa shape index (κ1) is 20.0. The van der Waals surface area contributed by atoms with Gasteiger partial charge in [-0.15, -0.1) is 0 Å². The summed E-state index contributed by atoms with van der Waals surface area (Å²) in [6, 6.07) is 8.91. The molecule has 1 aliphatic carbocycles. The molecule has 2 aromatic carbocycles. The van der Waals surface area contributed by atoms with E-state index in [0.717, 1.165) is 12.8 Å². The van der Waals surface area contributed by atoms with E-state index in [2.05, 4.69) is 20.5 Å². The van der Waals surface area contributed by atoms with Crippen molar-refractivity contribution in [2.75, 3.05) is 18.5 Å². The van der Waals surface area contributed by atoms with Crippen LogP contribution in [0.3, 0.4) is 0 Å². The van der Waals surface area contributed by atoms with E-state index >= 15 is 0 Å². The molecule has 32 heavy (non-hydrogen) atoms. The third kappa shape index (κ3) is 4.55. The summed E-state index contributed by atoms with van der Waals surface area (Å²) in [7, 11) is 0. The number of fused-ring (bicyclic) bond motifs is 1. The fraction of sp³-hybridized carbons (Fsp3) is 0.261. The highest BCUT2D eigenvalue weighted by Crippen LogP contribution is 2.38. The van der Waals surface area contributed by atoms with Gasteiger partial charge < -0.3 is 24.8 Å². The van der Waals surface area contributed by atoms with E-state index in [1.165, 1.54) is 12.1 Å². The Hall–Kier alpha value is -3.90. The molecule has 1 aromatic heterocycles. The van der Waals surface area contributed by atoms with Gasteiger partial charge in [0.05, 0.1) is 24.4 Å². The third-order valence-corrected chi connectivity index (χ3v) is 5.06. The summed E-state index contributed by atoms with van der Waals surface area (Å²) in [5, 5.41) is 5.84. The van der Waals surface area contributed by atoms with Crippen molar-refractivity contribution in [3.8, 4) is 17.2 Å². The molecule has 2 heterocycles. The van der Waals surface area contributed by atoms with Gasteiger partial charge in [-0.2, -0.15) is 0 Å². The van der Waals surface area contributed by atoms with E-state index in [1.54, 1.807) is 30.5 Å². The maximum Gasteiger partial charge on any atom is 0.319 e. The van der Waals surface area contributed by atoms with E-state index in [0.29, 0.717) is 41.3 Å². The zero-order valence-corrected chi connectivity index (χ0v) is 16.9. The second-order valence-corrected chi connectivity index (χ2v) is 7.64. The Labute approximate surface area is 183 Å². The number of anilines is 1. The second-order valence-electron chi connectivity index (χ2n) is 7.64. The van der Waals surface area contributed by atoms with Crippen LogP contribution in [-0.4, -0.2) is 36.4 Å². The smallest absolute Gasteiger partial charge is 0.319 e. The number of hydrogen-bond donors (Lipinski definition) is 2. The number of pyridine rings is 1. The van der Waals surface area contributed by atoms with Crippen molar-refractivity contribution in [2.24, 2.45) is 0 Å². The van der Waals surface area contributed by atoms with Crippen LogP contribution in [0.5, 0.6) is 17.2 Å². The summed E-state index contributed by atoms with van der Waals surface area (Å²) >= 11 is 0. The molecule has 2 fully saturated rings. The normalized spacial score (nSPS) is 16.8. The molecule has 2 amide bonds. The van der Waals surface area contributed by atoms with Gasteiger partial charge >= 0.3 is 6.03 Å². The molecule has 1 saturated carbocycles. The fourth-order valence-corrected chi connectivity index (χ4v) is 3.13. The van der Waals surface area contributed by atoms with Gasteiger partial charge in [-0.25, -0.2) is 14.0 Å². The van der Waals surface area contributed by atoms with Crippen molar-refractivity contribution in [2.45, 2.75) is 25.0 Å². The first-order valence-corrected chi connectivity index (χ1v) is 10.2. The van der Waals surface area contributed by atoms with E-state index in [4.69, 9.17) is 20.8 Å². The Morgan fingerprint density at radius 2 is 2.09 bits per heavy atom. The highest BCUT2D eigenvalue weighted by Gasteiger charge is 2.24. The summed E-state index contributed by atoms with van der Waals surface area (Å²) in [6.45, 7) is 8.51. The van der Waals surface area contributed by atoms with Crippen LogP contribution in [0.4, 0.5) is 20.6 Å². The van der Waals surface area contributed by atoms with Gasteiger partial charge in [0.25, 0.3) is 0 Å². The Morgan fingerprint density at radius 1 is 1.25 bits per heavy atom. The van der Waals surface area contributed by atoms with Crippen LogP contribution in [0, 0.1) is 12.4 Å². The summed E-state index contributed by atoms with van der Waals surface area (Å²) in [4.78, 5) is 19.7. The molecule has 3 aromatic rings. The quantitative estimate of drug-likeness (QED) is 0.413. The molecular weight excluding hydrogens is 415 g/mol. The fourth-order valence-electron chi connectivity index (χ4n) is 3.13. The number of halogens is 1. The van der Waals surface area contributed by atoms with Crippen LogP contribution in [0.1, 0.15) is 12.8 Å². The predicted octanol–water partition coefficient (Wildman–Crippen LogP) is 4.78. The summed E-state index contributed by atoms with van der Waals surface area (Å²) in [5.41, 5.74) is 0.965. The van der Waals surface area contributed by atoms with Gasteiger partial charge in [0.2, 0.25) is 5.69 Å². The minimum Gasteiger partial charge on any atom is -0.502 e. The van der Waals surface area contributed by atoms with Gasteiger partial charge in [0.1, 0.15) is 35.8 Å². The number of carbonyl (C=O) groups is 1. The molecule has 0 bridgehead atoms. The molecule has 162 valence electrons. The number of rotatable bonds is 7. The number of epoxide rings is 1. The number of hydrogen-bond acceptors (Lipinski definition) is 5. The molecule has 2 aliphatic rings. The van der Waals surface area contributed by atoms with Crippen molar-refractivity contribution in [1.82, 2.24) is 10.3 Å². The SMILES string of the molecule is [C-]#[N+]c1cc2c(Oc3ccc(NC(=O)NC4CC4)c(F)c3)ccnc2cc1OC[C@H]1CO1. The molecule has 2 N–H and O–H groups in total. The molecule has 1 saturated heterocycles. The Kier molecular flexibility index (Phi) is 5.21. The average molecular weight is 434 g/mol. The number of carbonyl (C=O) groups excluding carboxylic acids is 1. The van der Waals surface area contributed by atoms with E-state index in [9.17, 15) is 9.18 Å². The highest BCUT2D eigenvalue weighted by molar-refractivity contribution is 5.91. The molecule has 0 unspecified atom stereocenters. The predicted molar refractivity (Wildman–Crippen MR) is 115 cm³/mol. The molecule has 8 nitrogen and oxygen atoms in total. The number of aromatic nitrogens is 1. The van der Waals surface area contributed by atoms with E-state index in [1.807, 2.05) is 0 Å². The molecule has 5 rings (SSSR count). The van der Waals surface area contributed by atoms with Crippen LogP contribution >= 0.6 is 0 Å². The molecule has 1 aliphatic heterocycles. The number of urea groups is 1. The number of nitrogens with one attached hydrogen (secondary N) is 2. The van der Waals surface area contributed by atoms with Crippen LogP contribution in [0.15, 0.2) is 42.6 Å². The van der Waals surface area contributed by atoms with Gasteiger partial charge in [-0.05, 0) is 43.2 Å². The summed E-state index contributed by atoms with van der Waals surface area (Å²) in [6.07, 6.45) is 3.53. The van der Waals surface area contributed by atoms with Crippen LogP contribution in [0.2, 0.25) is 0 Å². The lowest BCUT2D eigenvalue weighted by molar-refractivity contribution is 0.251. The first-order valence-electron chi connectivity index (χ1n) is 10.2. The zero-order valence-electron chi connectivity index (χ0n) is 16.9. The lowest BCUT2D eigenvalue weighted by Crippen LogP contribution is -2.30. The van der Waals surface area contributed by atoms with Crippen LogP contribution in [-0.2, 0) is 4.74 Å².